The van der Waals surface area contributed by atoms with Crippen molar-refractivity contribution in [2.45, 2.75) is 6.92 Å². The summed E-state index contributed by atoms with van der Waals surface area (Å²) in [6.07, 6.45) is 8.24. The number of fused-ring (bicyclic) bond motifs is 1. The molecule has 0 saturated heterocycles. The highest BCUT2D eigenvalue weighted by Gasteiger charge is 2.16. The minimum absolute atomic E-state index is 0.0343. The molecule has 0 radical (unpaired) electrons. The molecule has 1 atom stereocenters. The van der Waals surface area contributed by atoms with Gasteiger partial charge in [0.05, 0.1) is 10.6 Å². The largest absolute Gasteiger partial charge is 0.343 e. The van der Waals surface area contributed by atoms with Gasteiger partial charge in [-0.05, 0) is 18.1 Å². The van der Waals surface area contributed by atoms with Crippen LogP contribution in [0.25, 0.3) is 12.2 Å². The first-order valence-electron chi connectivity index (χ1n) is 5.17. The van der Waals surface area contributed by atoms with Crippen molar-refractivity contribution in [2.24, 2.45) is 5.92 Å². The third-order valence-corrected chi connectivity index (χ3v) is 3.40. The predicted molar refractivity (Wildman–Crippen MR) is 67.4 cm³/mol. The van der Waals surface area contributed by atoms with Crippen molar-refractivity contribution in [2.75, 3.05) is 14.1 Å². The molecule has 4 heteroatoms. The molecule has 16 heavy (non-hydrogen) atoms. The molecule has 0 saturated carbocycles. The SMILES string of the molecule is CC1C=Cc2nc(C(=O)N(C)C)sc2C=C1. The van der Waals surface area contributed by atoms with E-state index in [4.69, 9.17) is 0 Å². The number of carbonyl (C=O) groups is 1. The highest BCUT2D eigenvalue weighted by Crippen LogP contribution is 2.25. The average molecular weight is 234 g/mol. The Balaban J connectivity index is 2.37. The molecule has 0 aromatic carbocycles. The van der Waals surface area contributed by atoms with Crippen LogP contribution in [-0.4, -0.2) is 29.9 Å². The lowest BCUT2D eigenvalue weighted by Gasteiger charge is -2.06. The van der Waals surface area contributed by atoms with Gasteiger partial charge in [-0.3, -0.25) is 4.79 Å². The van der Waals surface area contributed by atoms with Gasteiger partial charge in [-0.2, -0.15) is 0 Å². The van der Waals surface area contributed by atoms with Gasteiger partial charge in [0.1, 0.15) is 0 Å². The normalized spacial score (nSPS) is 18.1. The fraction of sp³-hybridized carbons (Fsp3) is 0.333. The molecule has 1 unspecified atom stereocenters. The number of carbonyl (C=O) groups excluding carboxylic acids is 1. The van der Waals surface area contributed by atoms with E-state index in [-0.39, 0.29) is 5.91 Å². The standard InChI is InChI=1S/C12H14N2OS/c1-8-4-6-9-10(7-5-8)16-11(13-9)12(15)14(2)3/h4-8H,1-3H3. The zero-order chi connectivity index (χ0) is 11.7. The Bertz CT molecular complexity index is 440. The topological polar surface area (TPSA) is 33.2 Å². The fourth-order valence-corrected chi connectivity index (χ4v) is 2.40. The smallest absolute Gasteiger partial charge is 0.282 e. The summed E-state index contributed by atoms with van der Waals surface area (Å²) in [6, 6.07) is 0. The molecule has 0 spiro atoms. The molecular weight excluding hydrogens is 220 g/mol. The molecule has 1 aliphatic carbocycles. The van der Waals surface area contributed by atoms with Crippen LogP contribution in [0.1, 0.15) is 27.3 Å². The number of nitrogens with zero attached hydrogens (tertiary/aromatic N) is 2. The maximum absolute atomic E-state index is 11.7. The number of amides is 1. The maximum atomic E-state index is 11.7. The Kier molecular flexibility index (Phi) is 2.92. The van der Waals surface area contributed by atoms with Crippen LogP contribution in [0.2, 0.25) is 0 Å². The fourth-order valence-electron chi connectivity index (χ4n) is 1.41. The lowest BCUT2D eigenvalue weighted by molar-refractivity contribution is 0.0827. The third-order valence-electron chi connectivity index (χ3n) is 2.38. The molecule has 1 aromatic heterocycles. The summed E-state index contributed by atoms with van der Waals surface area (Å²) < 4.78 is 0. The molecule has 1 heterocycles. The van der Waals surface area contributed by atoms with Crippen molar-refractivity contribution in [3.05, 3.63) is 27.7 Å². The highest BCUT2D eigenvalue weighted by molar-refractivity contribution is 7.14. The second-order valence-electron chi connectivity index (χ2n) is 4.05. The highest BCUT2D eigenvalue weighted by atomic mass is 32.1. The van der Waals surface area contributed by atoms with Crippen molar-refractivity contribution in [1.29, 1.82) is 0 Å². The van der Waals surface area contributed by atoms with Crippen LogP contribution in [0, 0.1) is 5.92 Å². The van der Waals surface area contributed by atoms with E-state index in [0.717, 1.165) is 10.6 Å². The van der Waals surface area contributed by atoms with Gasteiger partial charge in [-0.15, -0.1) is 11.3 Å². The third kappa shape index (κ3) is 2.07. The summed E-state index contributed by atoms with van der Waals surface area (Å²) in [5.74, 6) is 0.391. The van der Waals surface area contributed by atoms with Gasteiger partial charge in [-0.25, -0.2) is 4.98 Å². The minimum atomic E-state index is -0.0343. The van der Waals surface area contributed by atoms with E-state index in [0.29, 0.717) is 10.9 Å². The van der Waals surface area contributed by atoms with Gasteiger partial charge in [0.25, 0.3) is 5.91 Å². The number of allylic oxidation sites excluding steroid dienone is 2. The quantitative estimate of drug-likeness (QED) is 0.748. The Morgan fingerprint density at radius 2 is 2.06 bits per heavy atom. The predicted octanol–water partition coefficient (Wildman–Crippen LogP) is 2.52. The van der Waals surface area contributed by atoms with Gasteiger partial charge in [0, 0.05) is 14.1 Å². The second kappa shape index (κ2) is 4.22. The van der Waals surface area contributed by atoms with Crippen LogP contribution >= 0.6 is 11.3 Å². The minimum Gasteiger partial charge on any atom is -0.343 e. The Morgan fingerprint density at radius 3 is 2.75 bits per heavy atom. The van der Waals surface area contributed by atoms with Crippen LogP contribution in [0.15, 0.2) is 12.2 Å². The van der Waals surface area contributed by atoms with Gasteiger partial charge < -0.3 is 4.90 Å². The summed E-state index contributed by atoms with van der Waals surface area (Å²) in [5.41, 5.74) is 0.899. The number of hydrogen-bond donors (Lipinski definition) is 0. The first-order chi connectivity index (χ1) is 7.58. The van der Waals surface area contributed by atoms with Crippen molar-refractivity contribution < 1.29 is 4.79 Å². The van der Waals surface area contributed by atoms with Crippen LogP contribution in [-0.2, 0) is 0 Å². The van der Waals surface area contributed by atoms with Crippen LogP contribution in [0.3, 0.4) is 0 Å². The molecule has 0 bridgehead atoms. The van der Waals surface area contributed by atoms with Gasteiger partial charge in [0.2, 0.25) is 0 Å². The van der Waals surface area contributed by atoms with E-state index < -0.39 is 0 Å². The first-order valence-corrected chi connectivity index (χ1v) is 5.98. The number of hydrogen-bond acceptors (Lipinski definition) is 3. The number of thiazole rings is 1. The van der Waals surface area contributed by atoms with Crippen molar-refractivity contribution in [3.63, 3.8) is 0 Å². The van der Waals surface area contributed by atoms with Gasteiger partial charge in [-0.1, -0.05) is 19.1 Å². The van der Waals surface area contributed by atoms with Crippen molar-refractivity contribution >= 4 is 29.4 Å². The molecule has 3 nitrogen and oxygen atoms in total. The van der Waals surface area contributed by atoms with E-state index in [1.807, 2.05) is 12.2 Å². The summed E-state index contributed by atoms with van der Waals surface area (Å²) in [6.45, 7) is 2.12. The van der Waals surface area contributed by atoms with E-state index in [1.54, 1.807) is 19.0 Å². The average Bonchev–Trinajstić information content (AvgIpc) is 2.58. The lowest BCUT2D eigenvalue weighted by atomic mass is 10.2. The monoisotopic (exact) mass is 234 g/mol. The molecule has 0 N–H and O–H groups in total. The van der Waals surface area contributed by atoms with Crippen LogP contribution < -0.4 is 0 Å². The zero-order valence-corrected chi connectivity index (χ0v) is 10.4. The zero-order valence-electron chi connectivity index (χ0n) is 9.60. The summed E-state index contributed by atoms with van der Waals surface area (Å²) in [7, 11) is 3.48. The van der Waals surface area contributed by atoms with Crippen molar-refractivity contribution in [1.82, 2.24) is 9.88 Å². The first kappa shape index (κ1) is 11.1. The molecule has 1 amide bonds. The van der Waals surface area contributed by atoms with E-state index in [9.17, 15) is 4.79 Å². The Hall–Kier alpha value is -1.42. The summed E-state index contributed by atoms with van der Waals surface area (Å²) in [4.78, 5) is 18.7. The lowest BCUT2D eigenvalue weighted by Crippen LogP contribution is -2.21. The Morgan fingerprint density at radius 1 is 1.38 bits per heavy atom. The molecule has 1 aliphatic rings. The molecular formula is C12H14N2OS. The van der Waals surface area contributed by atoms with Crippen molar-refractivity contribution in [3.8, 4) is 0 Å². The summed E-state index contributed by atoms with van der Waals surface area (Å²) in [5, 5.41) is 0.554. The summed E-state index contributed by atoms with van der Waals surface area (Å²) >= 11 is 1.45. The Labute approximate surface area is 99.1 Å². The maximum Gasteiger partial charge on any atom is 0.282 e. The van der Waals surface area contributed by atoms with Crippen LogP contribution in [0.5, 0.6) is 0 Å². The van der Waals surface area contributed by atoms with Crippen LogP contribution in [0.4, 0.5) is 0 Å². The van der Waals surface area contributed by atoms with Gasteiger partial charge in [0.15, 0.2) is 5.01 Å². The molecule has 0 aliphatic heterocycles. The second-order valence-corrected chi connectivity index (χ2v) is 5.08. The van der Waals surface area contributed by atoms with E-state index in [2.05, 4.69) is 24.1 Å². The van der Waals surface area contributed by atoms with Gasteiger partial charge >= 0.3 is 0 Å². The number of rotatable bonds is 1. The van der Waals surface area contributed by atoms with E-state index in [1.165, 1.54) is 11.3 Å². The molecule has 84 valence electrons. The number of aromatic nitrogens is 1. The molecule has 0 fully saturated rings. The van der Waals surface area contributed by atoms with E-state index >= 15 is 0 Å². The molecule has 2 rings (SSSR count). The molecule has 1 aromatic rings.